The summed E-state index contributed by atoms with van der Waals surface area (Å²) in [6, 6.07) is 5.12. The van der Waals surface area contributed by atoms with Crippen molar-refractivity contribution in [3.8, 4) is 5.75 Å². The molecule has 1 aromatic carbocycles. The molecule has 5 nitrogen and oxygen atoms in total. The molecule has 0 amide bonds. The Morgan fingerprint density at radius 1 is 1.42 bits per heavy atom. The van der Waals surface area contributed by atoms with Gasteiger partial charge in [-0.2, -0.15) is 0 Å². The van der Waals surface area contributed by atoms with Crippen molar-refractivity contribution in [1.29, 1.82) is 0 Å². The molecule has 0 aliphatic heterocycles. The summed E-state index contributed by atoms with van der Waals surface area (Å²) in [6.45, 7) is 1.54. The Morgan fingerprint density at radius 3 is 2.79 bits per heavy atom. The highest BCUT2D eigenvalue weighted by atomic mass is 16.5. The highest BCUT2D eigenvalue weighted by molar-refractivity contribution is 5.68. The van der Waals surface area contributed by atoms with Crippen LogP contribution in [0.15, 0.2) is 18.2 Å². The van der Waals surface area contributed by atoms with Crippen LogP contribution in [-0.2, 0) is 11.2 Å². The average molecular weight is 266 g/mol. The molecule has 3 unspecified atom stereocenters. The van der Waals surface area contributed by atoms with Crippen LogP contribution < -0.4 is 4.74 Å². The van der Waals surface area contributed by atoms with Crippen molar-refractivity contribution in [2.75, 3.05) is 6.61 Å². The summed E-state index contributed by atoms with van der Waals surface area (Å²) in [7, 11) is 0. The van der Waals surface area contributed by atoms with Crippen LogP contribution in [0, 0.1) is 5.92 Å². The van der Waals surface area contributed by atoms with Crippen molar-refractivity contribution >= 4 is 5.97 Å². The van der Waals surface area contributed by atoms with Gasteiger partial charge >= 0.3 is 5.97 Å². The Bertz CT molecular complexity index is 471. The molecule has 5 heteroatoms. The van der Waals surface area contributed by atoms with Crippen LogP contribution in [0.5, 0.6) is 5.75 Å². The van der Waals surface area contributed by atoms with Crippen LogP contribution in [-0.4, -0.2) is 34.0 Å². The predicted molar refractivity (Wildman–Crippen MR) is 68.0 cm³/mol. The molecule has 2 rings (SSSR count). The maximum absolute atomic E-state index is 10.6. The van der Waals surface area contributed by atoms with Gasteiger partial charge in [-0.05, 0) is 24.0 Å². The van der Waals surface area contributed by atoms with Crippen LogP contribution in [0.1, 0.15) is 30.6 Å². The summed E-state index contributed by atoms with van der Waals surface area (Å²) in [5.74, 6) is -0.609. The highest BCUT2D eigenvalue weighted by Crippen LogP contribution is 2.39. The van der Waals surface area contributed by atoms with Gasteiger partial charge in [-0.1, -0.05) is 25.5 Å². The molecule has 0 fully saturated rings. The molecule has 3 N–H and O–H groups in total. The second-order valence-electron chi connectivity index (χ2n) is 4.81. The van der Waals surface area contributed by atoms with Gasteiger partial charge in [-0.15, -0.1) is 0 Å². The molecule has 0 radical (unpaired) electrons. The Hall–Kier alpha value is -1.59. The van der Waals surface area contributed by atoms with Gasteiger partial charge in [0.2, 0.25) is 0 Å². The zero-order chi connectivity index (χ0) is 14.0. The van der Waals surface area contributed by atoms with E-state index in [9.17, 15) is 15.0 Å². The number of benzene rings is 1. The number of rotatable bonds is 4. The maximum atomic E-state index is 10.6. The molecule has 0 aromatic heterocycles. The van der Waals surface area contributed by atoms with E-state index in [2.05, 4.69) is 0 Å². The van der Waals surface area contributed by atoms with Gasteiger partial charge in [0, 0.05) is 5.56 Å². The zero-order valence-electron chi connectivity index (χ0n) is 10.7. The number of aliphatic hydroxyl groups excluding tert-OH is 2. The number of carbonyl (C=O) groups is 1. The normalized spacial score (nSPS) is 25.7. The third-order valence-electron chi connectivity index (χ3n) is 3.64. The number of fused-ring (bicyclic) bond motifs is 1. The lowest BCUT2D eigenvalue weighted by Gasteiger charge is -2.34. The predicted octanol–water partition coefficient (Wildman–Crippen LogP) is 1.13. The van der Waals surface area contributed by atoms with Crippen LogP contribution >= 0.6 is 0 Å². The molecule has 3 atom stereocenters. The first-order valence-corrected chi connectivity index (χ1v) is 6.37. The van der Waals surface area contributed by atoms with E-state index in [1.165, 1.54) is 0 Å². The zero-order valence-corrected chi connectivity index (χ0v) is 10.7. The topological polar surface area (TPSA) is 87.0 Å². The molecule has 0 saturated heterocycles. The average Bonchev–Trinajstić information content (AvgIpc) is 2.40. The van der Waals surface area contributed by atoms with Gasteiger partial charge in [0.15, 0.2) is 6.61 Å². The number of carboxylic acid groups (broad SMARTS) is 1. The molecule has 0 heterocycles. The molecule has 0 spiro atoms. The molecule has 19 heavy (non-hydrogen) atoms. The summed E-state index contributed by atoms with van der Waals surface area (Å²) in [5, 5.41) is 28.8. The van der Waals surface area contributed by atoms with E-state index >= 15 is 0 Å². The Kier molecular flexibility index (Phi) is 4.07. The largest absolute Gasteiger partial charge is 0.482 e. The summed E-state index contributed by atoms with van der Waals surface area (Å²) in [5.41, 5.74) is 1.42. The van der Waals surface area contributed by atoms with Crippen LogP contribution in [0.25, 0.3) is 0 Å². The fourth-order valence-corrected chi connectivity index (χ4v) is 2.56. The van der Waals surface area contributed by atoms with Crippen molar-refractivity contribution < 1.29 is 24.9 Å². The van der Waals surface area contributed by atoms with E-state index in [1.54, 1.807) is 18.2 Å². The van der Waals surface area contributed by atoms with E-state index in [4.69, 9.17) is 9.84 Å². The Morgan fingerprint density at radius 2 is 2.16 bits per heavy atom. The van der Waals surface area contributed by atoms with Crippen molar-refractivity contribution in [1.82, 2.24) is 0 Å². The first-order valence-electron chi connectivity index (χ1n) is 6.37. The van der Waals surface area contributed by atoms with E-state index in [0.29, 0.717) is 17.7 Å². The second-order valence-corrected chi connectivity index (χ2v) is 4.81. The van der Waals surface area contributed by atoms with Crippen molar-refractivity contribution in [3.63, 3.8) is 0 Å². The minimum Gasteiger partial charge on any atom is -0.482 e. The number of carboxylic acids is 1. The lowest BCUT2D eigenvalue weighted by molar-refractivity contribution is -0.139. The minimum atomic E-state index is -1.04. The summed E-state index contributed by atoms with van der Waals surface area (Å²) in [6.07, 6.45) is -0.403. The van der Waals surface area contributed by atoms with Crippen molar-refractivity contribution in [3.05, 3.63) is 29.3 Å². The molecule has 1 aromatic rings. The molecular weight excluding hydrogens is 248 g/mol. The monoisotopic (exact) mass is 266 g/mol. The number of aliphatic hydroxyl groups is 2. The molecular formula is C14H18O5. The third-order valence-corrected chi connectivity index (χ3v) is 3.64. The van der Waals surface area contributed by atoms with Crippen molar-refractivity contribution in [2.24, 2.45) is 5.92 Å². The molecule has 0 bridgehead atoms. The number of hydrogen-bond donors (Lipinski definition) is 3. The minimum absolute atomic E-state index is 0.0444. The molecule has 1 aliphatic rings. The van der Waals surface area contributed by atoms with E-state index in [-0.39, 0.29) is 5.92 Å². The van der Waals surface area contributed by atoms with E-state index < -0.39 is 24.8 Å². The smallest absolute Gasteiger partial charge is 0.341 e. The summed E-state index contributed by atoms with van der Waals surface area (Å²) in [4.78, 5) is 10.6. The number of ether oxygens (including phenoxy) is 1. The lowest BCUT2D eigenvalue weighted by Crippen LogP contribution is -2.34. The van der Waals surface area contributed by atoms with Gasteiger partial charge in [0.1, 0.15) is 11.9 Å². The maximum Gasteiger partial charge on any atom is 0.341 e. The molecule has 1 aliphatic carbocycles. The van der Waals surface area contributed by atoms with Crippen LogP contribution in [0.4, 0.5) is 0 Å². The SMILES string of the molecule is CCC1Cc2c(OCC(=O)O)cccc2C(O)C1O. The van der Waals surface area contributed by atoms with E-state index in [1.807, 2.05) is 6.92 Å². The lowest BCUT2D eigenvalue weighted by atomic mass is 9.78. The first-order chi connectivity index (χ1) is 9.04. The number of aliphatic carboxylic acids is 1. The van der Waals surface area contributed by atoms with Gasteiger partial charge < -0.3 is 20.1 Å². The van der Waals surface area contributed by atoms with E-state index in [0.717, 1.165) is 12.0 Å². The second kappa shape index (κ2) is 5.59. The van der Waals surface area contributed by atoms with Crippen molar-refractivity contribution in [2.45, 2.75) is 32.0 Å². The first kappa shape index (κ1) is 13.8. The molecule has 104 valence electrons. The third kappa shape index (κ3) is 2.72. The quantitative estimate of drug-likeness (QED) is 0.760. The summed E-state index contributed by atoms with van der Waals surface area (Å²) < 4.78 is 5.25. The van der Waals surface area contributed by atoms with Crippen LogP contribution in [0.2, 0.25) is 0 Å². The van der Waals surface area contributed by atoms with Gasteiger partial charge in [0.05, 0.1) is 6.10 Å². The number of hydrogen-bond acceptors (Lipinski definition) is 4. The van der Waals surface area contributed by atoms with Crippen LogP contribution in [0.3, 0.4) is 0 Å². The molecule has 0 saturated carbocycles. The fourth-order valence-electron chi connectivity index (χ4n) is 2.56. The summed E-state index contributed by atoms with van der Waals surface area (Å²) >= 11 is 0. The van der Waals surface area contributed by atoms with Gasteiger partial charge in [0.25, 0.3) is 0 Å². The Balaban J connectivity index is 2.32. The Labute approximate surface area is 111 Å². The fraction of sp³-hybridized carbons (Fsp3) is 0.500. The van der Waals surface area contributed by atoms with Gasteiger partial charge in [-0.25, -0.2) is 4.79 Å². The standard InChI is InChI=1S/C14H18O5/c1-2-8-6-10-9(14(18)13(8)17)4-3-5-11(10)19-7-12(15)16/h3-5,8,13-14,17-18H,2,6-7H2,1H3,(H,15,16). The highest BCUT2D eigenvalue weighted by Gasteiger charge is 2.34. The van der Waals surface area contributed by atoms with Gasteiger partial charge in [-0.3, -0.25) is 0 Å².